The van der Waals surface area contributed by atoms with Crippen molar-refractivity contribution in [2.45, 2.75) is 92.0 Å². The van der Waals surface area contributed by atoms with Crippen LogP contribution < -0.4 is 5.32 Å². The first-order valence-corrected chi connectivity index (χ1v) is 9.11. The number of rotatable bonds is 8. The Morgan fingerprint density at radius 1 is 1.05 bits per heavy atom. The molecular formula is C19H37N. The predicted molar refractivity (Wildman–Crippen MR) is 88.9 cm³/mol. The van der Waals surface area contributed by atoms with Crippen LogP contribution in [0.3, 0.4) is 0 Å². The molecule has 20 heavy (non-hydrogen) atoms. The minimum Gasteiger partial charge on any atom is -0.313 e. The first kappa shape index (κ1) is 16.3. The van der Waals surface area contributed by atoms with Crippen LogP contribution in [0.1, 0.15) is 86.0 Å². The van der Waals surface area contributed by atoms with E-state index >= 15 is 0 Å². The van der Waals surface area contributed by atoms with Gasteiger partial charge in [-0.2, -0.15) is 0 Å². The smallest absolute Gasteiger partial charge is 0.0129 e. The van der Waals surface area contributed by atoms with Gasteiger partial charge in [0.05, 0.1) is 0 Å². The third kappa shape index (κ3) is 3.08. The maximum atomic E-state index is 3.91. The molecule has 2 rings (SSSR count). The summed E-state index contributed by atoms with van der Waals surface area (Å²) in [5.41, 5.74) is 1.11. The van der Waals surface area contributed by atoms with Crippen molar-refractivity contribution in [1.29, 1.82) is 0 Å². The molecule has 1 heteroatoms. The normalized spacial score (nSPS) is 35.1. The van der Waals surface area contributed by atoms with Gasteiger partial charge in [0.2, 0.25) is 0 Å². The molecule has 0 saturated heterocycles. The van der Waals surface area contributed by atoms with Gasteiger partial charge in [-0.25, -0.2) is 0 Å². The molecule has 0 aromatic rings. The van der Waals surface area contributed by atoms with Gasteiger partial charge in [-0.1, -0.05) is 60.3 Å². The SMILES string of the molecule is CC(C)CCCCCCNC1CC2CCC1(C)C2(C)C. The van der Waals surface area contributed by atoms with Crippen molar-refractivity contribution in [2.75, 3.05) is 6.54 Å². The monoisotopic (exact) mass is 279 g/mol. The second kappa shape index (κ2) is 6.38. The van der Waals surface area contributed by atoms with E-state index in [1.54, 1.807) is 0 Å². The van der Waals surface area contributed by atoms with E-state index in [9.17, 15) is 0 Å². The largest absolute Gasteiger partial charge is 0.313 e. The molecule has 0 aliphatic heterocycles. The number of hydrogen-bond acceptors (Lipinski definition) is 1. The zero-order chi connectivity index (χ0) is 14.8. The Bertz CT molecular complexity index is 307. The highest BCUT2D eigenvalue weighted by Crippen LogP contribution is 2.65. The Labute approximate surface area is 127 Å². The summed E-state index contributed by atoms with van der Waals surface area (Å²) in [6.07, 6.45) is 11.4. The predicted octanol–water partition coefficient (Wildman–Crippen LogP) is 5.40. The zero-order valence-corrected chi connectivity index (χ0v) is 14.6. The highest BCUT2D eigenvalue weighted by atomic mass is 15.0. The average molecular weight is 280 g/mol. The molecule has 2 aliphatic carbocycles. The minimum absolute atomic E-state index is 0.551. The molecule has 2 bridgehead atoms. The standard InChI is InChI=1S/C19H37N/c1-15(2)10-8-6-7-9-13-20-17-14-16-11-12-19(17,5)18(16,3)4/h15-17,20H,6-14H2,1-5H3. The van der Waals surface area contributed by atoms with Gasteiger partial charge in [-0.05, 0) is 54.9 Å². The van der Waals surface area contributed by atoms with Crippen LogP contribution >= 0.6 is 0 Å². The lowest BCUT2D eigenvalue weighted by Gasteiger charge is -2.39. The molecule has 2 saturated carbocycles. The van der Waals surface area contributed by atoms with Crippen LogP contribution in [-0.2, 0) is 0 Å². The van der Waals surface area contributed by atoms with Crippen molar-refractivity contribution in [1.82, 2.24) is 5.32 Å². The summed E-state index contributed by atoms with van der Waals surface area (Å²) in [4.78, 5) is 0. The fourth-order valence-electron chi connectivity index (χ4n) is 4.82. The lowest BCUT2D eigenvalue weighted by atomic mass is 9.69. The summed E-state index contributed by atoms with van der Waals surface area (Å²) in [7, 11) is 0. The molecule has 0 aromatic heterocycles. The van der Waals surface area contributed by atoms with E-state index < -0.39 is 0 Å². The van der Waals surface area contributed by atoms with Crippen LogP contribution in [0.5, 0.6) is 0 Å². The Hall–Kier alpha value is -0.0400. The fraction of sp³-hybridized carbons (Fsp3) is 1.00. The third-order valence-electron chi connectivity index (χ3n) is 6.89. The summed E-state index contributed by atoms with van der Waals surface area (Å²) in [6, 6.07) is 0.784. The Morgan fingerprint density at radius 2 is 1.75 bits per heavy atom. The first-order valence-electron chi connectivity index (χ1n) is 9.11. The van der Waals surface area contributed by atoms with Crippen LogP contribution in [0.15, 0.2) is 0 Å². The molecule has 0 aromatic carbocycles. The number of unbranched alkanes of at least 4 members (excludes halogenated alkanes) is 3. The van der Waals surface area contributed by atoms with Gasteiger partial charge in [0.1, 0.15) is 0 Å². The lowest BCUT2D eigenvalue weighted by molar-refractivity contribution is 0.121. The lowest BCUT2D eigenvalue weighted by Crippen LogP contribution is -2.44. The van der Waals surface area contributed by atoms with E-state index in [1.165, 1.54) is 57.9 Å². The molecule has 2 aliphatic rings. The summed E-state index contributed by atoms with van der Waals surface area (Å²) >= 11 is 0. The summed E-state index contributed by atoms with van der Waals surface area (Å²) < 4.78 is 0. The van der Waals surface area contributed by atoms with Crippen molar-refractivity contribution in [3.05, 3.63) is 0 Å². The molecule has 1 nitrogen and oxygen atoms in total. The van der Waals surface area contributed by atoms with Gasteiger partial charge < -0.3 is 5.32 Å². The summed E-state index contributed by atoms with van der Waals surface area (Å²) in [6.45, 7) is 13.5. The van der Waals surface area contributed by atoms with Gasteiger partial charge in [0.25, 0.3) is 0 Å². The van der Waals surface area contributed by atoms with Crippen LogP contribution in [0.2, 0.25) is 0 Å². The van der Waals surface area contributed by atoms with Crippen LogP contribution in [-0.4, -0.2) is 12.6 Å². The molecule has 0 spiro atoms. The van der Waals surface area contributed by atoms with E-state index in [1.807, 2.05) is 0 Å². The van der Waals surface area contributed by atoms with Gasteiger partial charge in [0.15, 0.2) is 0 Å². The van der Waals surface area contributed by atoms with Crippen LogP contribution in [0, 0.1) is 22.7 Å². The van der Waals surface area contributed by atoms with Crippen molar-refractivity contribution >= 4 is 0 Å². The van der Waals surface area contributed by atoms with Gasteiger partial charge in [-0.15, -0.1) is 0 Å². The minimum atomic E-state index is 0.551. The quantitative estimate of drug-likeness (QED) is 0.587. The second-order valence-electron chi connectivity index (χ2n) is 8.71. The van der Waals surface area contributed by atoms with E-state index in [0.717, 1.165) is 17.9 Å². The van der Waals surface area contributed by atoms with E-state index in [2.05, 4.69) is 39.9 Å². The molecule has 1 N–H and O–H groups in total. The van der Waals surface area contributed by atoms with Gasteiger partial charge in [0, 0.05) is 6.04 Å². The molecular weight excluding hydrogens is 242 g/mol. The highest BCUT2D eigenvalue weighted by Gasteiger charge is 2.60. The maximum Gasteiger partial charge on any atom is 0.0129 e. The first-order chi connectivity index (χ1) is 9.38. The third-order valence-corrected chi connectivity index (χ3v) is 6.89. The molecule has 0 heterocycles. The molecule has 0 amide bonds. The summed E-state index contributed by atoms with van der Waals surface area (Å²) in [5.74, 6) is 1.85. The maximum absolute atomic E-state index is 3.91. The zero-order valence-electron chi connectivity index (χ0n) is 14.6. The van der Waals surface area contributed by atoms with Crippen molar-refractivity contribution in [3.63, 3.8) is 0 Å². The highest BCUT2D eigenvalue weighted by molar-refractivity contribution is 5.12. The summed E-state index contributed by atoms with van der Waals surface area (Å²) in [5, 5.41) is 3.91. The van der Waals surface area contributed by atoms with Gasteiger partial charge in [-0.3, -0.25) is 0 Å². The second-order valence-corrected chi connectivity index (χ2v) is 8.71. The van der Waals surface area contributed by atoms with E-state index in [0.29, 0.717) is 10.8 Å². The average Bonchev–Trinajstić information content (AvgIpc) is 2.70. The van der Waals surface area contributed by atoms with E-state index in [4.69, 9.17) is 0 Å². The topological polar surface area (TPSA) is 12.0 Å². The van der Waals surface area contributed by atoms with Crippen molar-refractivity contribution in [3.8, 4) is 0 Å². The van der Waals surface area contributed by atoms with Crippen LogP contribution in [0.4, 0.5) is 0 Å². The van der Waals surface area contributed by atoms with E-state index in [-0.39, 0.29) is 0 Å². The Balaban J connectivity index is 1.62. The molecule has 0 radical (unpaired) electrons. The van der Waals surface area contributed by atoms with Crippen LogP contribution in [0.25, 0.3) is 0 Å². The molecule has 3 unspecified atom stereocenters. The fourth-order valence-corrected chi connectivity index (χ4v) is 4.82. The Kier molecular flexibility index (Phi) is 5.21. The van der Waals surface area contributed by atoms with Crippen molar-refractivity contribution < 1.29 is 0 Å². The Morgan fingerprint density at radius 3 is 2.30 bits per heavy atom. The number of nitrogens with one attached hydrogen (secondary N) is 1. The number of hydrogen-bond donors (Lipinski definition) is 1. The number of fused-ring (bicyclic) bond motifs is 2. The molecule has 3 atom stereocenters. The van der Waals surface area contributed by atoms with Gasteiger partial charge >= 0.3 is 0 Å². The van der Waals surface area contributed by atoms with Crippen molar-refractivity contribution in [2.24, 2.45) is 22.7 Å². The molecule has 118 valence electrons. The molecule has 2 fully saturated rings.